The van der Waals surface area contributed by atoms with E-state index in [0.29, 0.717) is 59.9 Å². The van der Waals surface area contributed by atoms with Crippen molar-refractivity contribution in [2.24, 2.45) is 0 Å². The van der Waals surface area contributed by atoms with E-state index in [4.69, 9.17) is 26.1 Å². The minimum absolute atomic E-state index is 0.167. The van der Waals surface area contributed by atoms with E-state index in [9.17, 15) is 4.79 Å². The Kier molecular flexibility index (Phi) is 5.87. The van der Waals surface area contributed by atoms with Crippen molar-refractivity contribution < 1.29 is 14.3 Å². The molecular formula is C23H23ClN6O3. The number of aryl methyl sites for hydroxylation is 1. The molecule has 3 heterocycles. The summed E-state index contributed by atoms with van der Waals surface area (Å²) in [5.74, 6) is 2.63. The van der Waals surface area contributed by atoms with Gasteiger partial charge in [0, 0.05) is 25.2 Å². The van der Waals surface area contributed by atoms with Crippen molar-refractivity contribution in [2.45, 2.75) is 19.8 Å². The number of hydrogen-bond acceptors (Lipinski definition) is 7. The zero-order valence-electron chi connectivity index (χ0n) is 18.1. The number of amides is 1. The lowest BCUT2D eigenvalue weighted by Crippen LogP contribution is -2.25. The van der Waals surface area contributed by atoms with Crippen LogP contribution in [0, 0.1) is 6.92 Å². The van der Waals surface area contributed by atoms with Gasteiger partial charge < -0.3 is 20.1 Å². The van der Waals surface area contributed by atoms with E-state index >= 15 is 0 Å². The molecular weight excluding hydrogens is 444 g/mol. The summed E-state index contributed by atoms with van der Waals surface area (Å²) in [5.41, 5.74) is 2.77. The van der Waals surface area contributed by atoms with Crippen LogP contribution in [0.4, 0.5) is 5.82 Å². The number of hydrogen-bond donors (Lipinski definition) is 2. The number of benzene rings is 2. The van der Waals surface area contributed by atoms with E-state index in [1.54, 1.807) is 24.3 Å². The van der Waals surface area contributed by atoms with Gasteiger partial charge in [-0.3, -0.25) is 9.20 Å². The largest absolute Gasteiger partial charge is 0.486 e. The molecule has 2 aromatic heterocycles. The number of carbonyl (C=O) groups is 1. The van der Waals surface area contributed by atoms with Crippen LogP contribution in [0.2, 0.25) is 5.02 Å². The van der Waals surface area contributed by atoms with Gasteiger partial charge >= 0.3 is 0 Å². The highest BCUT2D eigenvalue weighted by Gasteiger charge is 2.18. The maximum Gasteiger partial charge on any atom is 0.252 e. The first-order valence-electron chi connectivity index (χ1n) is 10.8. The van der Waals surface area contributed by atoms with E-state index in [1.165, 1.54) is 0 Å². The topological polar surface area (TPSA) is 103 Å². The molecule has 0 spiro atoms. The van der Waals surface area contributed by atoms with E-state index in [0.717, 1.165) is 29.7 Å². The quantitative estimate of drug-likeness (QED) is 0.401. The van der Waals surface area contributed by atoms with Gasteiger partial charge in [-0.25, -0.2) is 4.98 Å². The summed E-state index contributed by atoms with van der Waals surface area (Å²) in [6.45, 7) is 4.17. The van der Waals surface area contributed by atoms with Crippen LogP contribution in [0.25, 0.3) is 16.7 Å². The average Bonchev–Trinajstić information content (AvgIpc) is 3.22. The van der Waals surface area contributed by atoms with Gasteiger partial charge in [0.25, 0.3) is 5.91 Å². The number of rotatable bonds is 7. The molecule has 0 saturated heterocycles. The van der Waals surface area contributed by atoms with Gasteiger partial charge in [0.15, 0.2) is 17.3 Å². The van der Waals surface area contributed by atoms with E-state index in [1.807, 2.05) is 23.5 Å². The Hall–Kier alpha value is -3.59. The fourth-order valence-electron chi connectivity index (χ4n) is 3.83. The molecule has 33 heavy (non-hydrogen) atoms. The number of halogens is 1. The van der Waals surface area contributed by atoms with Gasteiger partial charge in [-0.2, -0.15) is 0 Å². The third kappa shape index (κ3) is 4.23. The van der Waals surface area contributed by atoms with Gasteiger partial charge in [0.2, 0.25) is 5.65 Å². The molecule has 0 unspecified atom stereocenters. The molecule has 1 aliphatic rings. The summed E-state index contributed by atoms with van der Waals surface area (Å²) in [6.07, 6.45) is 1.64. The first kappa shape index (κ1) is 21.3. The van der Waals surface area contributed by atoms with Crippen LogP contribution in [0.3, 0.4) is 0 Å². The molecule has 5 rings (SSSR count). The predicted molar refractivity (Wildman–Crippen MR) is 126 cm³/mol. The average molecular weight is 467 g/mol. The first-order valence-corrected chi connectivity index (χ1v) is 11.2. The lowest BCUT2D eigenvalue weighted by molar-refractivity contribution is 0.0953. The molecule has 0 atom stereocenters. The number of carbonyl (C=O) groups excluding carboxylic acids is 1. The van der Waals surface area contributed by atoms with Crippen LogP contribution >= 0.6 is 11.6 Å². The van der Waals surface area contributed by atoms with E-state index in [-0.39, 0.29) is 5.91 Å². The number of aromatic nitrogens is 4. The van der Waals surface area contributed by atoms with Crippen LogP contribution in [0.15, 0.2) is 36.4 Å². The Morgan fingerprint density at radius 3 is 2.67 bits per heavy atom. The molecule has 2 N–H and O–H groups in total. The van der Waals surface area contributed by atoms with Crippen molar-refractivity contribution in [3.63, 3.8) is 0 Å². The standard InChI is InChI=1S/C23H23ClN6O3/c1-14-28-29-22-21(25-8-4-5-9-26-23(31)15-6-2-3-7-16(15)24)27-17-12-19-20(33-11-10-32-19)13-18(17)30(14)22/h2-3,6-7,12-13H,4-5,8-11H2,1H3,(H,25,27)(H,26,31). The lowest BCUT2D eigenvalue weighted by atomic mass is 10.2. The number of fused-ring (bicyclic) bond motifs is 4. The Morgan fingerprint density at radius 1 is 1.09 bits per heavy atom. The van der Waals surface area contributed by atoms with Gasteiger partial charge in [-0.05, 0) is 31.9 Å². The normalized spacial score (nSPS) is 12.8. The smallest absolute Gasteiger partial charge is 0.252 e. The maximum absolute atomic E-state index is 12.2. The van der Waals surface area contributed by atoms with E-state index in [2.05, 4.69) is 20.8 Å². The van der Waals surface area contributed by atoms with Crippen molar-refractivity contribution in [2.75, 3.05) is 31.6 Å². The van der Waals surface area contributed by atoms with Crippen molar-refractivity contribution in [3.05, 3.63) is 52.8 Å². The van der Waals surface area contributed by atoms with Crippen LogP contribution in [0.5, 0.6) is 11.5 Å². The van der Waals surface area contributed by atoms with Crippen LogP contribution in [-0.4, -0.2) is 51.8 Å². The molecule has 0 bridgehead atoms. The van der Waals surface area contributed by atoms with Crippen LogP contribution < -0.4 is 20.1 Å². The number of unbranched alkanes of at least 4 members (excludes halogenated alkanes) is 1. The molecule has 170 valence electrons. The van der Waals surface area contributed by atoms with Crippen molar-refractivity contribution >= 4 is 40.0 Å². The minimum Gasteiger partial charge on any atom is -0.486 e. The fourth-order valence-corrected chi connectivity index (χ4v) is 4.05. The predicted octanol–water partition coefficient (Wildman–Crippen LogP) is 3.63. The third-order valence-corrected chi connectivity index (χ3v) is 5.78. The van der Waals surface area contributed by atoms with Gasteiger partial charge in [0.05, 0.1) is 21.6 Å². The highest BCUT2D eigenvalue weighted by Crippen LogP contribution is 2.35. The summed E-state index contributed by atoms with van der Waals surface area (Å²) in [4.78, 5) is 17.0. The summed E-state index contributed by atoms with van der Waals surface area (Å²) < 4.78 is 13.4. The molecule has 0 radical (unpaired) electrons. The summed E-state index contributed by atoms with van der Waals surface area (Å²) in [6, 6.07) is 10.8. The second-order valence-corrected chi connectivity index (χ2v) is 8.13. The number of nitrogens with zero attached hydrogens (tertiary/aromatic N) is 4. The monoisotopic (exact) mass is 466 g/mol. The van der Waals surface area contributed by atoms with Gasteiger partial charge in [-0.15, -0.1) is 10.2 Å². The van der Waals surface area contributed by atoms with Crippen molar-refractivity contribution in [1.82, 2.24) is 24.9 Å². The second-order valence-electron chi connectivity index (χ2n) is 7.72. The molecule has 2 aromatic carbocycles. The first-order chi connectivity index (χ1) is 16.1. The molecule has 4 aromatic rings. The molecule has 1 amide bonds. The lowest BCUT2D eigenvalue weighted by Gasteiger charge is -2.19. The zero-order chi connectivity index (χ0) is 22.8. The van der Waals surface area contributed by atoms with Crippen LogP contribution in [-0.2, 0) is 0 Å². The van der Waals surface area contributed by atoms with Gasteiger partial charge in [-0.1, -0.05) is 23.7 Å². The number of anilines is 1. The van der Waals surface area contributed by atoms with Crippen molar-refractivity contribution in [1.29, 1.82) is 0 Å². The number of nitrogens with one attached hydrogen (secondary N) is 2. The second kappa shape index (κ2) is 9.11. The summed E-state index contributed by atoms with van der Waals surface area (Å²) in [7, 11) is 0. The minimum atomic E-state index is -0.167. The molecule has 9 nitrogen and oxygen atoms in total. The zero-order valence-corrected chi connectivity index (χ0v) is 18.9. The van der Waals surface area contributed by atoms with Gasteiger partial charge in [0.1, 0.15) is 19.0 Å². The van der Waals surface area contributed by atoms with E-state index < -0.39 is 0 Å². The highest BCUT2D eigenvalue weighted by atomic mass is 35.5. The summed E-state index contributed by atoms with van der Waals surface area (Å²) in [5, 5.41) is 15.3. The Balaban J connectivity index is 1.24. The summed E-state index contributed by atoms with van der Waals surface area (Å²) >= 11 is 6.07. The Morgan fingerprint density at radius 2 is 1.85 bits per heavy atom. The Labute approximate surface area is 195 Å². The maximum atomic E-state index is 12.2. The highest BCUT2D eigenvalue weighted by molar-refractivity contribution is 6.33. The SMILES string of the molecule is Cc1nnc2c(NCCCCNC(=O)c3ccccc3Cl)nc3cc4c(cc3n12)OCCO4. The Bertz CT molecular complexity index is 1340. The fraction of sp³-hybridized carbons (Fsp3) is 0.304. The molecule has 0 aliphatic carbocycles. The molecule has 0 fully saturated rings. The molecule has 10 heteroatoms. The third-order valence-electron chi connectivity index (χ3n) is 5.45. The number of ether oxygens (including phenoxy) is 2. The molecule has 1 aliphatic heterocycles. The molecule has 0 saturated carbocycles. The van der Waals surface area contributed by atoms with Crippen LogP contribution in [0.1, 0.15) is 29.0 Å². The van der Waals surface area contributed by atoms with Crippen molar-refractivity contribution in [3.8, 4) is 11.5 Å².